The third-order valence-electron chi connectivity index (χ3n) is 2.44. The average Bonchev–Trinajstić information content (AvgIpc) is 2.91. The van der Waals surface area contributed by atoms with Gasteiger partial charge in [-0.2, -0.15) is 4.98 Å². The third-order valence-corrected chi connectivity index (χ3v) is 2.66. The lowest BCUT2D eigenvalue weighted by molar-refractivity contribution is 0.0697. The van der Waals surface area contributed by atoms with Gasteiger partial charge in [0.1, 0.15) is 0 Å². The Bertz CT molecular complexity index is 645. The predicted molar refractivity (Wildman–Crippen MR) is 73.4 cm³/mol. The molecule has 0 atom stereocenters. The molecule has 0 aliphatic rings. The van der Waals surface area contributed by atoms with Crippen LogP contribution in [0.4, 0.5) is 10.5 Å². The topological polar surface area (TPSA) is 117 Å². The first kappa shape index (κ1) is 14.8. The summed E-state index contributed by atoms with van der Waals surface area (Å²) >= 11 is 5.79. The molecule has 9 heteroatoms. The normalized spacial score (nSPS) is 10.1. The van der Waals surface area contributed by atoms with E-state index in [0.29, 0.717) is 18.8 Å². The zero-order chi connectivity index (χ0) is 15.2. The van der Waals surface area contributed by atoms with E-state index >= 15 is 0 Å². The van der Waals surface area contributed by atoms with Crippen LogP contribution in [0, 0.1) is 0 Å². The van der Waals surface area contributed by atoms with Crippen molar-refractivity contribution in [2.24, 2.45) is 0 Å². The molecular formula is C12H11ClN4O4. The Kier molecular flexibility index (Phi) is 4.72. The van der Waals surface area contributed by atoms with Crippen LogP contribution in [0.25, 0.3) is 0 Å². The Morgan fingerprint density at radius 3 is 2.81 bits per heavy atom. The lowest BCUT2D eigenvalue weighted by atomic mass is 10.2. The molecule has 0 bridgehead atoms. The minimum Gasteiger partial charge on any atom is -0.478 e. The molecule has 110 valence electrons. The number of hydrogen-bond acceptors (Lipinski definition) is 5. The maximum absolute atomic E-state index is 11.7. The molecule has 0 unspecified atom stereocenters. The molecule has 1 aromatic heterocycles. The Labute approximate surface area is 124 Å². The number of aromatic carboxylic acids is 1. The van der Waals surface area contributed by atoms with Crippen molar-refractivity contribution in [2.75, 3.05) is 11.9 Å². The van der Waals surface area contributed by atoms with E-state index in [1.807, 2.05) is 0 Å². The highest BCUT2D eigenvalue weighted by molar-refractivity contribution is 6.31. The monoisotopic (exact) mass is 310 g/mol. The van der Waals surface area contributed by atoms with E-state index in [1.165, 1.54) is 24.6 Å². The number of anilines is 1. The van der Waals surface area contributed by atoms with Gasteiger partial charge in [-0.3, -0.25) is 0 Å². The number of carboxylic acid groups (broad SMARTS) is 1. The zero-order valence-electron chi connectivity index (χ0n) is 10.7. The molecule has 2 amide bonds. The van der Waals surface area contributed by atoms with E-state index in [1.54, 1.807) is 0 Å². The predicted octanol–water partition coefficient (Wildman–Crippen LogP) is 1.79. The van der Waals surface area contributed by atoms with E-state index in [9.17, 15) is 9.59 Å². The SMILES string of the molecule is O=C(NCCc1ncon1)Nc1cc(Cl)cc(C(=O)O)c1. The van der Waals surface area contributed by atoms with Crippen molar-refractivity contribution in [1.82, 2.24) is 15.5 Å². The van der Waals surface area contributed by atoms with Gasteiger partial charge in [0.2, 0.25) is 6.39 Å². The second kappa shape index (κ2) is 6.71. The fourth-order valence-electron chi connectivity index (χ4n) is 1.55. The van der Waals surface area contributed by atoms with Crippen molar-refractivity contribution in [1.29, 1.82) is 0 Å². The number of urea groups is 1. The number of aromatic nitrogens is 2. The van der Waals surface area contributed by atoms with Crippen molar-refractivity contribution in [3.8, 4) is 0 Å². The molecular weight excluding hydrogens is 300 g/mol. The number of carbonyl (C=O) groups is 2. The molecule has 0 aliphatic carbocycles. The van der Waals surface area contributed by atoms with Gasteiger partial charge in [-0.05, 0) is 18.2 Å². The van der Waals surface area contributed by atoms with Gasteiger partial charge in [0, 0.05) is 23.7 Å². The molecule has 0 saturated heterocycles. The van der Waals surface area contributed by atoms with Gasteiger partial charge in [-0.1, -0.05) is 16.8 Å². The molecule has 1 aromatic carbocycles. The highest BCUT2D eigenvalue weighted by Crippen LogP contribution is 2.19. The van der Waals surface area contributed by atoms with Crippen molar-refractivity contribution in [3.05, 3.63) is 41.0 Å². The minimum atomic E-state index is -1.13. The van der Waals surface area contributed by atoms with Gasteiger partial charge in [0.05, 0.1) is 5.56 Å². The number of benzene rings is 1. The first-order valence-corrected chi connectivity index (χ1v) is 6.26. The molecule has 3 N–H and O–H groups in total. The van der Waals surface area contributed by atoms with Crippen molar-refractivity contribution >= 4 is 29.3 Å². The summed E-state index contributed by atoms with van der Waals surface area (Å²) in [7, 11) is 0. The number of rotatable bonds is 5. The van der Waals surface area contributed by atoms with Crippen LogP contribution in [-0.2, 0) is 6.42 Å². The number of carboxylic acids is 1. The maximum Gasteiger partial charge on any atom is 0.335 e. The van der Waals surface area contributed by atoms with E-state index in [0.717, 1.165) is 0 Å². The summed E-state index contributed by atoms with van der Waals surface area (Å²) in [6, 6.07) is 3.57. The number of amides is 2. The molecule has 0 spiro atoms. The first-order valence-electron chi connectivity index (χ1n) is 5.88. The second-order valence-electron chi connectivity index (χ2n) is 4.01. The largest absolute Gasteiger partial charge is 0.478 e. The summed E-state index contributed by atoms with van der Waals surface area (Å²) in [6.45, 7) is 0.303. The van der Waals surface area contributed by atoms with Gasteiger partial charge in [-0.25, -0.2) is 9.59 Å². The standard InChI is InChI=1S/C12H11ClN4O4/c13-8-3-7(11(18)19)4-9(5-8)16-12(20)14-2-1-10-15-6-21-17-10/h3-6H,1-2H2,(H,18,19)(H2,14,16,20). The van der Waals surface area contributed by atoms with E-state index in [4.69, 9.17) is 16.7 Å². The summed E-state index contributed by atoms with van der Waals surface area (Å²) in [5.41, 5.74) is 0.279. The van der Waals surface area contributed by atoms with Crippen molar-refractivity contribution < 1.29 is 19.2 Å². The number of hydrogen-bond donors (Lipinski definition) is 3. The molecule has 21 heavy (non-hydrogen) atoms. The van der Waals surface area contributed by atoms with Crippen LogP contribution in [0.15, 0.2) is 29.1 Å². The van der Waals surface area contributed by atoms with Crippen LogP contribution < -0.4 is 10.6 Å². The van der Waals surface area contributed by atoms with Gasteiger partial charge < -0.3 is 20.3 Å². The third kappa shape index (κ3) is 4.46. The number of nitrogens with zero attached hydrogens (tertiary/aromatic N) is 2. The Morgan fingerprint density at radius 2 is 2.14 bits per heavy atom. The Morgan fingerprint density at radius 1 is 1.33 bits per heavy atom. The fraction of sp³-hybridized carbons (Fsp3) is 0.167. The van der Waals surface area contributed by atoms with Gasteiger partial charge in [0.25, 0.3) is 0 Å². The lowest BCUT2D eigenvalue weighted by Gasteiger charge is -2.08. The summed E-state index contributed by atoms with van der Waals surface area (Å²) < 4.78 is 4.56. The summed E-state index contributed by atoms with van der Waals surface area (Å²) in [4.78, 5) is 26.3. The van der Waals surface area contributed by atoms with Crippen molar-refractivity contribution in [2.45, 2.75) is 6.42 Å². The van der Waals surface area contributed by atoms with E-state index < -0.39 is 12.0 Å². The average molecular weight is 311 g/mol. The van der Waals surface area contributed by atoms with Crippen LogP contribution in [0.1, 0.15) is 16.2 Å². The highest BCUT2D eigenvalue weighted by Gasteiger charge is 2.08. The van der Waals surface area contributed by atoms with Crippen LogP contribution in [-0.4, -0.2) is 33.8 Å². The van der Waals surface area contributed by atoms with E-state index in [-0.39, 0.29) is 16.3 Å². The first-order chi connectivity index (χ1) is 10.0. The zero-order valence-corrected chi connectivity index (χ0v) is 11.4. The van der Waals surface area contributed by atoms with Crippen LogP contribution in [0.2, 0.25) is 5.02 Å². The number of carbonyl (C=O) groups excluding carboxylic acids is 1. The molecule has 1 heterocycles. The highest BCUT2D eigenvalue weighted by atomic mass is 35.5. The molecule has 0 radical (unpaired) electrons. The molecule has 8 nitrogen and oxygen atoms in total. The van der Waals surface area contributed by atoms with Crippen LogP contribution in [0.3, 0.4) is 0 Å². The van der Waals surface area contributed by atoms with Crippen LogP contribution >= 0.6 is 11.6 Å². The quantitative estimate of drug-likeness (QED) is 0.775. The fourth-order valence-corrected chi connectivity index (χ4v) is 1.79. The number of nitrogens with one attached hydrogen (secondary N) is 2. The molecule has 0 aliphatic heterocycles. The smallest absolute Gasteiger partial charge is 0.335 e. The van der Waals surface area contributed by atoms with E-state index in [2.05, 4.69) is 25.3 Å². The minimum absolute atomic E-state index is 0.00963. The Hall–Kier alpha value is -2.61. The summed E-state index contributed by atoms with van der Waals surface area (Å²) in [5.74, 6) is -0.649. The second-order valence-corrected chi connectivity index (χ2v) is 4.45. The van der Waals surface area contributed by atoms with Crippen LogP contribution in [0.5, 0.6) is 0 Å². The number of halogens is 1. The van der Waals surface area contributed by atoms with Crippen molar-refractivity contribution in [3.63, 3.8) is 0 Å². The molecule has 0 saturated carbocycles. The molecule has 0 fully saturated rings. The molecule has 2 aromatic rings. The van der Waals surface area contributed by atoms with Gasteiger partial charge in [0.15, 0.2) is 5.82 Å². The summed E-state index contributed by atoms with van der Waals surface area (Å²) in [5, 5.41) is 17.8. The Balaban J connectivity index is 1.88. The van der Waals surface area contributed by atoms with Gasteiger partial charge in [-0.15, -0.1) is 0 Å². The van der Waals surface area contributed by atoms with Gasteiger partial charge >= 0.3 is 12.0 Å². The molecule has 2 rings (SSSR count). The maximum atomic E-state index is 11.7. The lowest BCUT2D eigenvalue weighted by Crippen LogP contribution is -2.30. The summed E-state index contributed by atoms with van der Waals surface area (Å²) in [6.07, 6.45) is 1.62.